The minimum atomic E-state index is -0.107. The fraction of sp³-hybridized carbons (Fsp3) is 0.104. The summed E-state index contributed by atoms with van der Waals surface area (Å²) in [5.74, 6) is 2.11. The fourth-order valence-corrected chi connectivity index (χ4v) is 9.04. The van der Waals surface area contributed by atoms with Gasteiger partial charge in [-0.2, -0.15) is 0 Å². The van der Waals surface area contributed by atoms with E-state index >= 15 is 0 Å². The van der Waals surface area contributed by atoms with E-state index in [1.54, 1.807) is 12.5 Å². The molecule has 2 atom stereocenters. The molecule has 0 saturated carbocycles. The molecule has 2 unspecified atom stereocenters. The third kappa shape index (κ3) is 4.53. The van der Waals surface area contributed by atoms with Gasteiger partial charge in [0.05, 0.1) is 6.26 Å². The molecular formula is C48H34N2O3. The Labute approximate surface area is 306 Å². The molecule has 2 aliphatic carbocycles. The van der Waals surface area contributed by atoms with E-state index in [0.717, 1.165) is 62.0 Å². The Morgan fingerprint density at radius 3 is 1.96 bits per heavy atom. The van der Waals surface area contributed by atoms with E-state index in [9.17, 15) is 0 Å². The summed E-state index contributed by atoms with van der Waals surface area (Å²) in [6.45, 7) is 4.86. The van der Waals surface area contributed by atoms with Gasteiger partial charge in [0.15, 0.2) is 16.7 Å². The first-order valence-electron chi connectivity index (χ1n) is 18.2. The summed E-state index contributed by atoms with van der Waals surface area (Å²) < 4.78 is 17.8. The first kappa shape index (κ1) is 30.1. The average molecular weight is 687 g/mol. The van der Waals surface area contributed by atoms with Crippen molar-refractivity contribution in [3.8, 4) is 22.6 Å². The number of aromatic nitrogens is 1. The third-order valence-electron chi connectivity index (χ3n) is 11.5. The van der Waals surface area contributed by atoms with Crippen LogP contribution in [0.1, 0.15) is 30.9 Å². The minimum absolute atomic E-state index is 0.107. The highest BCUT2D eigenvalue weighted by Gasteiger charge is 2.47. The van der Waals surface area contributed by atoms with Crippen molar-refractivity contribution in [1.82, 2.24) is 4.98 Å². The Kier molecular flexibility index (Phi) is 6.36. The average Bonchev–Trinajstić information content (AvgIpc) is 3.98. The molecule has 4 heterocycles. The van der Waals surface area contributed by atoms with E-state index < -0.39 is 0 Å². The van der Waals surface area contributed by atoms with Gasteiger partial charge in [-0.3, -0.25) is 4.98 Å². The standard InChI is InChI=1S/C48H34N2O3/c1-48(2)39-26-33(21-22-38(39)46-36-10-5-3-8-34(36)35-9-4-6-11-37(35)47(46)48)50(32-19-15-30(16-20-32)44-28-45-42(53-44)23-25-51-45)31-17-13-29(14-18-31)43-27-40-41(52-43)12-7-24-49-40/h3-28,38-39H,1-2H3. The third-order valence-corrected chi connectivity index (χ3v) is 11.5. The second-order valence-electron chi connectivity index (χ2n) is 14.8. The van der Waals surface area contributed by atoms with Gasteiger partial charge in [0.2, 0.25) is 0 Å². The summed E-state index contributed by atoms with van der Waals surface area (Å²) in [5, 5.41) is 5.37. The van der Waals surface area contributed by atoms with Gasteiger partial charge in [-0.1, -0.05) is 74.5 Å². The highest BCUT2D eigenvalue weighted by Crippen LogP contribution is 2.58. The van der Waals surface area contributed by atoms with Gasteiger partial charge < -0.3 is 18.2 Å². The number of allylic oxidation sites excluding steroid dienone is 3. The first-order valence-corrected chi connectivity index (χ1v) is 18.2. The zero-order valence-electron chi connectivity index (χ0n) is 29.3. The molecule has 2 aliphatic rings. The van der Waals surface area contributed by atoms with Crippen LogP contribution < -0.4 is 4.90 Å². The fourth-order valence-electron chi connectivity index (χ4n) is 9.04. The molecule has 0 bridgehead atoms. The summed E-state index contributed by atoms with van der Waals surface area (Å²) in [6.07, 6.45) is 10.7. The summed E-state index contributed by atoms with van der Waals surface area (Å²) in [5.41, 5.74) is 11.2. The van der Waals surface area contributed by atoms with E-state index in [0.29, 0.717) is 0 Å². The van der Waals surface area contributed by atoms with Crippen molar-refractivity contribution in [3.63, 3.8) is 0 Å². The molecule has 0 fully saturated rings. The van der Waals surface area contributed by atoms with Crippen LogP contribution in [0.15, 0.2) is 177 Å². The highest BCUT2D eigenvalue weighted by atomic mass is 16.4. The maximum Gasteiger partial charge on any atom is 0.173 e. The van der Waals surface area contributed by atoms with Gasteiger partial charge in [-0.25, -0.2) is 0 Å². The molecule has 0 radical (unpaired) electrons. The largest absolute Gasteiger partial charge is 0.461 e. The predicted octanol–water partition coefficient (Wildman–Crippen LogP) is 13.1. The van der Waals surface area contributed by atoms with Crippen molar-refractivity contribution in [1.29, 1.82) is 0 Å². The molecule has 0 spiro atoms. The lowest BCUT2D eigenvalue weighted by atomic mass is 9.73. The van der Waals surface area contributed by atoms with Gasteiger partial charge in [0, 0.05) is 58.5 Å². The number of pyridine rings is 1. The zero-order chi connectivity index (χ0) is 35.3. The number of benzene rings is 5. The number of hydrogen-bond acceptors (Lipinski definition) is 5. The quantitative estimate of drug-likeness (QED) is 0.169. The minimum Gasteiger partial charge on any atom is -0.461 e. The van der Waals surface area contributed by atoms with Crippen LogP contribution in [0.5, 0.6) is 0 Å². The molecular weight excluding hydrogens is 653 g/mol. The van der Waals surface area contributed by atoms with Crippen LogP contribution in [0, 0.1) is 5.92 Å². The zero-order valence-corrected chi connectivity index (χ0v) is 29.3. The lowest BCUT2D eigenvalue weighted by Crippen LogP contribution is -2.28. The number of hydrogen-bond donors (Lipinski definition) is 0. The summed E-state index contributed by atoms with van der Waals surface area (Å²) in [6, 6.07) is 44.8. The van der Waals surface area contributed by atoms with Crippen LogP contribution in [-0.2, 0) is 5.41 Å². The van der Waals surface area contributed by atoms with E-state index in [-0.39, 0.29) is 17.3 Å². The second-order valence-corrected chi connectivity index (χ2v) is 14.8. The van der Waals surface area contributed by atoms with Crippen LogP contribution in [0.2, 0.25) is 0 Å². The Morgan fingerprint density at radius 2 is 1.26 bits per heavy atom. The lowest BCUT2D eigenvalue weighted by Gasteiger charge is -2.35. The molecule has 0 saturated heterocycles. The van der Waals surface area contributed by atoms with E-state index in [1.165, 1.54) is 32.7 Å². The predicted molar refractivity (Wildman–Crippen MR) is 213 cm³/mol. The summed E-state index contributed by atoms with van der Waals surface area (Å²) >= 11 is 0. The van der Waals surface area contributed by atoms with Crippen LogP contribution >= 0.6 is 0 Å². The van der Waals surface area contributed by atoms with E-state index in [4.69, 9.17) is 13.3 Å². The molecule has 9 aromatic rings. The smallest absolute Gasteiger partial charge is 0.173 e. The van der Waals surface area contributed by atoms with Crippen molar-refractivity contribution in [3.05, 3.63) is 175 Å². The van der Waals surface area contributed by atoms with E-state index in [1.807, 2.05) is 30.3 Å². The van der Waals surface area contributed by atoms with Gasteiger partial charge in [-0.05, 0) is 111 Å². The van der Waals surface area contributed by atoms with Crippen molar-refractivity contribution in [2.45, 2.75) is 25.2 Å². The molecule has 0 amide bonds. The van der Waals surface area contributed by atoms with Crippen LogP contribution in [0.25, 0.3) is 66.5 Å². The van der Waals surface area contributed by atoms with Gasteiger partial charge in [0.25, 0.3) is 0 Å². The summed E-state index contributed by atoms with van der Waals surface area (Å²) in [7, 11) is 0. The molecule has 254 valence electrons. The number of fused-ring (bicyclic) bond motifs is 10. The summed E-state index contributed by atoms with van der Waals surface area (Å²) in [4.78, 5) is 6.83. The molecule has 11 rings (SSSR count). The Bertz CT molecular complexity index is 2880. The van der Waals surface area contributed by atoms with Crippen LogP contribution in [-0.4, -0.2) is 4.98 Å². The Balaban J connectivity index is 1.03. The van der Waals surface area contributed by atoms with Crippen LogP contribution in [0.3, 0.4) is 0 Å². The highest BCUT2D eigenvalue weighted by molar-refractivity contribution is 6.12. The lowest BCUT2D eigenvalue weighted by molar-refractivity contribution is 0.394. The number of nitrogens with zero attached hydrogens (tertiary/aromatic N) is 2. The first-order chi connectivity index (χ1) is 26.0. The number of rotatable bonds is 5. The Hall–Kier alpha value is -6.59. The van der Waals surface area contributed by atoms with Gasteiger partial charge in [-0.15, -0.1) is 0 Å². The van der Waals surface area contributed by atoms with Crippen molar-refractivity contribution < 1.29 is 13.3 Å². The normalized spacial score (nSPS) is 17.4. The Morgan fingerprint density at radius 1 is 0.623 bits per heavy atom. The SMILES string of the molecule is CC1(C)c2c(c3ccccc3c3ccccc23)C2C=CC(N(c3ccc(-c4cc5ncccc5o4)cc3)c3ccc(-c4cc5occc5o4)cc3)=CC21. The van der Waals surface area contributed by atoms with Gasteiger partial charge >= 0.3 is 0 Å². The van der Waals surface area contributed by atoms with Gasteiger partial charge in [0.1, 0.15) is 17.0 Å². The molecule has 5 aromatic carbocycles. The van der Waals surface area contributed by atoms with Crippen molar-refractivity contribution >= 4 is 55.2 Å². The van der Waals surface area contributed by atoms with Crippen molar-refractivity contribution in [2.75, 3.05) is 4.90 Å². The number of furan rings is 3. The second kappa shape index (κ2) is 11.2. The topological polar surface area (TPSA) is 55.6 Å². The monoisotopic (exact) mass is 686 g/mol. The molecule has 4 aromatic heterocycles. The van der Waals surface area contributed by atoms with Crippen LogP contribution in [0.4, 0.5) is 11.4 Å². The molecule has 53 heavy (non-hydrogen) atoms. The van der Waals surface area contributed by atoms with Crippen molar-refractivity contribution in [2.24, 2.45) is 5.92 Å². The molecule has 5 nitrogen and oxygen atoms in total. The maximum absolute atomic E-state index is 6.17. The van der Waals surface area contributed by atoms with E-state index in [2.05, 4.69) is 139 Å². The number of anilines is 2. The molecule has 0 aliphatic heterocycles. The molecule has 0 N–H and O–H groups in total. The maximum atomic E-state index is 6.17. The molecule has 5 heteroatoms.